The summed E-state index contributed by atoms with van der Waals surface area (Å²) >= 11 is 0. The molecular formula is C19H21N3O2. The van der Waals surface area contributed by atoms with E-state index in [0.29, 0.717) is 25.3 Å². The summed E-state index contributed by atoms with van der Waals surface area (Å²) < 4.78 is 7.28. The van der Waals surface area contributed by atoms with Crippen LogP contribution in [0.15, 0.2) is 48.5 Å². The molecule has 0 aliphatic carbocycles. The van der Waals surface area contributed by atoms with E-state index >= 15 is 0 Å². The standard InChI is InChI=1S/C19H21N3O2/c1-14-7-9-15(10-8-14)19(23)20-13-18-21-16-5-3-4-6-17(16)22(18)11-12-24-2/h3-10H,11-13H2,1-2H3,(H,20,23). The van der Waals surface area contributed by atoms with Crippen LogP contribution < -0.4 is 5.32 Å². The molecule has 0 saturated carbocycles. The van der Waals surface area contributed by atoms with Gasteiger partial charge in [-0.05, 0) is 31.2 Å². The smallest absolute Gasteiger partial charge is 0.251 e. The molecule has 24 heavy (non-hydrogen) atoms. The molecule has 0 fully saturated rings. The zero-order valence-electron chi connectivity index (χ0n) is 14.0. The highest BCUT2D eigenvalue weighted by molar-refractivity contribution is 5.94. The normalized spacial score (nSPS) is 10.9. The minimum atomic E-state index is -0.0969. The first kappa shape index (κ1) is 16.2. The highest BCUT2D eigenvalue weighted by Gasteiger charge is 2.12. The van der Waals surface area contributed by atoms with Crippen LogP contribution in [0.2, 0.25) is 0 Å². The van der Waals surface area contributed by atoms with Gasteiger partial charge in [0.2, 0.25) is 0 Å². The van der Waals surface area contributed by atoms with Gasteiger partial charge >= 0.3 is 0 Å². The van der Waals surface area contributed by atoms with Gasteiger partial charge in [-0.25, -0.2) is 4.98 Å². The zero-order chi connectivity index (χ0) is 16.9. The molecule has 0 bridgehead atoms. The first-order chi connectivity index (χ1) is 11.7. The lowest BCUT2D eigenvalue weighted by Gasteiger charge is -2.10. The number of aryl methyl sites for hydroxylation is 1. The van der Waals surface area contributed by atoms with Gasteiger partial charge in [0.25, 0.3) is 5.91 Å². The number of hydrogen-bond donors (Lipinski definition) is 1. The number of carbonyl (C=O) groups is 1. The number of aromatic nitrogens is 2. The maximum Gasteiger partial charge on any atom is 0.251 e. The van der Waals surface area contributed by atoms with Crippen LogP contribution >= 0.6 is 0 Å². The number of amides is 1. The fraction of sp³-hybridized carbons (Fsp3) is 0.263. The Bertz CT molecular complexity index is 837. The Hall–Kier alpha value is -2.66. The first-order valence-electron chi connectivity index (χ1n) is 7.97. The predicted molar refractivity (Wildman–Crippen MR) is 94.0 cm³/mol. The molecule has 3 aromatic rings. The van der Waals surface area contributed by atoms with Crippen molar-refractivity contribution in [1.29, 1.82) is 0 Å². The Morgan fingerprint density at radius 1 is 1.17 bits per heavy atom. The number of ether oxygens (including phenoxy) is 1. The molecule has 1 aromatic heterocycles. The monoisotopic (exact) mass is 323 g/mol. The number of methoxy groups -OCH3 is 1. The average molecular weight is 323 g/mol. The second-order valence-corrected chi connectivity index (χ2v) is 5.71. The van der Waals surface area contributed by atoms with Crippen molar-refractivity contribution in [3.8, 4) is 0 Å². The second kappa shape index (κ2) is 7.27. The van der Waals surface area contributed by atoms with E-state index in [1.54, 1.807) is 7.11 Å². The van der Waals surface area contributed by atoms with Crippen LogP contribution in [0.1, 0.15) is 21.7 Å². The summed E-state index contributed by atoms with van der Waals surface area (Å²) in [7, 11) is 1.68. The van der Waals surface area contributed by atoms with Crippen molar-refractivity contribution in [3.05, 3.63) is 65.5 Å². The SMILES string of the molecule is COCCn1c(CNC(=O)c2ccc(C)cc2)nc2ccccc21. The molecule has 0 atom stereocenters. The maximum absolute atomic E-state index is 12.3. The van der Waals surface area contributed by atoms with Crippen molar-refractivity contribution in [2.24, 2.45) is 0 Å². The van der Waals surface area contributed by atoms with Crippen LogP contribution in [0.4, 0.5) is 0 Å². The predicted octanol–water partition coefficient (Wildman–Crippen LogP) is 2.92. The Morgan fingerprint density at radius 3 is 2.67 bits per heavy atom. The van der Waals surface area contributed by atoms with Crippen molar-refractivity contribution < 1.29 is 9.53 Å². The molecule has 0 saturated heterocycles. The summed E-state index contributed by atoms with van der Waals surface area (Å²) in [6.45, 7) is 3.68. The highest BCUT2D eigenvalue weighted by Crippen LogP contribution is 2.16. The number of hydrogen-bond acceptors (Lipinski definition) is 3. The van der Waals surface area contributed by atoms with E-state index in [0.717, 1.165) is 22.4 Å². The first-order valence-corrected chi connectivity index (χ1v) is 7.97. The molecular weight excluding hydrogens is 302 g/mol. The number of benzene rings is 2. The van der Waals surface area contributed by atoms with Crippen LogP contribution in [0.3, 0.4) is 0 Å². The molecule has 0 spiro atoms. The van der Waals surface area contributed by atoms with Crippen LogP contribution in [-0.2, 0) is 17.8 Å². The third kappa shape index (κ3) is 3.46. The molecule has 2 aromatic carbocycles. The van der Waals surface area contributed by atoms with E-state index in [1.165, 1.54) is 0 Å². The largest absolute Gasteiger partial charge is 0.383 e. The fourth-order valence-corrected chi connectivity index (χ4v) is 2.66. The molecule has 0 aliphatic rings. The van der Waals surface area contributed by atoms with Gasteiger partial charge in [-0.2, -0.15) is 0 Å². The molecule has 1 N–H and O–H groups in total. The quantitative estimate of drug-likeness (QED) is 0.759. The molecule has 124 valence electrons. The fourth-order valence-electron chi connectivity index (χ4n) is 2.66. The van der Waals surface area contributed by atoms with Crippen molar-refractivity contribution >= 4 is 16.9 Å². The second-order valence-electron chi connectivity index (χ2n) is 5.71. The summed E-state index contributed by atoms with van der Waals surface area (Å²) in [4.78, 5) is 16.9. The van der Waals surface area contributed by atoms with Crippen LogP contribution in [0, 0.1) is 6.92 Å². The number of fused-ring (bicyclic) bond motifs is 1. The minimum Gasteiger partial charge on any atom is -0.383 e. The molecule has 0 aliphatic heterocycles. The number of imidazole rings is 1. The van der Waals surface area contributed by atoms with Gasteiger partial charge in [0.15, 0.2) is 0 Å². The van der Waals surface area contributed by atoms with Crippen molar-refractivity contribution in [2.75, 3.05) is 13.7 Å². The van der Waals surface area contributed by atoms with Gasteiger partial charge in [-0.15, -0.1) is 0 Å². The Morgan fingerprint density at radius 2 is 1.92 bits per heavy atom. The van der Waals surface area contributed by atoms with E-state index in [9.17, 15) is 4.79 Å². The summed E-state index contributed by atoms with van der Waals surface area (Å²) in [6.07, 6.45) is 0. The third-order valence-electron chi connectivity index (χ3n) is 3.97. The van der Waals surface area contributed by atoms with E-state index in [2.05, 4.69) is 14.9 Å². The molecule has 5 heteroatoms. The van der Waals surface area contributed by atoms with Gasteiger partial charge in [0.05, 0.1) is 24.2 Å². The van der Waals surface area contributed by atoms with Crippen LogP contribution in [0.25, 0.3) is 11.0 Å². The lowest BCUT2D eigenvalue weighted by Crippen LogP contribution is -2.25. The van der Waals surface area contributed by atoms with E-state index < -0.39 is 0 Å². The van der Waals surface area contributed by atoms with Crippen molar-refractivity contribution in [2.45, 2.75) is 20.0 Å². The Kier molecular flexibility index (Phi) is 4.91. The molecule has 0 unspecified atom stereocenters. The molecule has 5 nitrogen and oxygen atoms in total. The summed E-state index contributed by atoms with van der Waals surface area (Å²) in [5.74, 6) is 0.731. The van der Waals surface area contributed by atoms with Gasteiger partial charge in [0.1, 0.15) is 5.82 Å². The number of rotatable bonds is 6. The number of nitrogens with one attached hydrogen (secondary N) is 1. The number of carbonyl (C=O) groups excluding carboxylic acids is 1. The third-order valence-corrected chi connectivity index (χ3v) is 3.97. The van der Waals surface area contributed by atoms with Gasteiger partial charge in [0, 0.05) is 19.2 Å². The van der Waals surface area contributed by atoms with Gasteiger partial charge in [-0.3, -0.25) is 4.79 Å². The van der Waals surface area contributed by atoms with Crippen LogP contribution in [0.5, 0.6) is 0 Å². The lowest BCUT2D eigenvalue weighted by molar-refractivity contribution is 0.0949. The Balaban J connectivity index is 1.78. The minimum absolute atomic E-state index is 0.0969. The molecule has 3 rings (SSSR count). The van der Waals surface area contributed by atoms with Crippen molar-refractivity contribution in [1.82, 2.24) is 14.9 Å². The molecule has 1 amide bonds. The van der Waals surface area contributed by atoms with Gasteiger partial charge in [-0.1, -0.05) is 29.8 Å². The van der Waals surface area contributed by atoms with E-state index in [4.69, 9.17) is 4.74 Å². The summed E-state index contributed by atoms with van der Waals surface area (Å²) in [5.41, 5.74) is 3.76. The summed E-state index contributed by atoms with van der Waals surface area (Å²) in [5, 5.41) is 2.95. The topological polar surface area (TPSA) is 56.1 Å². The average Bonchev–Trinajstić information content (AvgIpc) is 2.96. The zero-order valence-corrected chi connectivity index (χ0v) is 14.0. The summed E-state index contributed by atoms with van der Waals surface area (Å²) in [6, 6.07) is 15.5. The van der Waals surface area contributed by atoms with E-state index in [1.807, 2.05) is 55.5 Å². The maximum atomic E-state index is 12.3. The highest BCUT2D eigenvalue weighted by atomic mass is 16.5. The lowest BCUT2D eigenvalue weighted by atomic mass is 10.1. The van der Waals surface area contributed by atoms with Gasteiger partial charge < -0.3 is 14.6 Å². The van der Waals surface area contributed by atoms with Crippen molar-refractivity contribution in [3.63, 3.8) is 0 Å². The van der Waals surface area contributed by atoms with E-state index in [-0.39, 0.29) is 5.91 Å². The number of para-hydroxylation sites is 2. The Labute approximate surface area is 141 Å². The molecule has 0 radical (unpaired) electrons. The molecule has 1 heterocycles. The number of nitrogens with zero attached hydrogens (tertiary/aromatic N) is 2. The van der Waals surface area contributed by atoms with Crippen LogP contribution in [-0.4, -0.2) is 29.2 Å².